The summed E-state index contributed by atoms with van der Waals surface area (Å²) in [7, 11) is 1.93. The van der Waals surface area contributed by atoms with Crippen molar-refractivity contribution in [3.63, 3.8) is 0 Å². The molecule has 0 aromatic carbocycles. The van der Waals surface area contributed by atoms with Gasteiger partial charge in [0.2, 0.25) is 0 Å². The largest absolute Gasteiger partial charge is 0.381 e. The van der Waals surface area contributed by atoms with Gasteiger partial charge < -0.3 is 19.3 Å². The van der Waals surface area contributed by atoms with Gasteiger partial charge in [-0.25, -0.2) is 4.79 Å². The van der Waals surface area contributed by atoms with Gasteiger partial charge in [-0.05, 0) is 25.7 Å². The first-order valence-corrected chi connectivity index (χ1v) is 6.93. The lowest BCUT2D eigenvalue weighted by atomic mass is 10.1. The fourth-order valence-corrected chi connectivity index (χ4v) is 3.01. The number of nitrogens with zero attached hydrogens (tertiary/aromatic N) is 2. The highest BCUT2D eigenvalue weighted by atomic mass is 16.5. The quantitative estimate of drug-likeness (QED) is 0.703. The molecule has 2 aliphatic heterocycles. The molecule has 0 aromatic heterocycles. The summed E-state index contributed by atoms with van der Waals surface area (Å²) in [6, 6.07) is 0.521. The van der Waals surface area contributed by atoms with Gasteiger partial charge in [0.05, 0.1) is 18.8 Å². The van der Waals surface area contributed by atoms with Crippen LogP contribution in [-0.4, -0.2) is 67.4 Å². The Hall–Kier alpha value is -0.810. The number of urea groups is 1. The van der Waals surface area contributed by atoms with Gasteiger partial charge in [-0.15, -0.1) is 0 Å². The smallest absolute Gasteiger partial charge is 0.320 e. The zero-order chi connectivity index (χ0) is 12.6. The normalized spacial score (nSPS) is 27.3. The lowest BCUT2D eigenvalue weighted by Gasteiger charge is -2.41. The predicted molar refractivity (Wildman–Crippen MR) is 66.5 cm³/mol. The Labute approximate surface area is 108 Å². The molecule has 1 spiro atoms. The Kier molecular flexibility index (Phi) is 3.20. The van der Waals surface area contributed by atoms with Crippen molar-refractivity contribution >= 4 is 6.03 Å². The summed E-state index contributed by atoms with van der Waals surface area (Å²) >= 11 is 0. The minimum atomic E-state index is 0.0365. The van der Waals surface area contributed by atoms with Crippen LogP contribution in [0, 0.1) is 0 Å². The topological polar surface area (TPSA) is 42.0 Å². The number of hydrogen-bond acceptors (Lipinski definition) is 3. The third kappa shape index (κ3) is 2.10. The molecule has 0 unspecified atom stereocenters. The number of amides is 2. The maximum Gasteiger partial charge on any atom is 0.320 e. The summed E-state index contributed by atoms with van der Waals surface area (Å²) in [5, 5.41) is 0. The Bertz CT molecular complexity index is 324. The van der Waals surface area contributed by atoms with Gasteiger partial charge in [-0.1, -0.05) is 0 Å². The highest BCUT2D eigenvalue weighted by molar-refractivity contribution is 5.76. The van der Waals surface area contributed by atoms with Crippen LogP contribution in [0.1, 0.15) is 25.7 Å². The van der Waals surface area contributed by atoms with Crippen LogP contribution in [0.4, 0.5) is 4.79 Å². The van der Waals surface area contributed by atoms with Crippen LogP contribution in [0.5, 0.6) is 0 Å². The van der Waals surface area contributed by atoms with Crippen molar-refractivity contribution in [1.29, 1.82) is 0 Å². The Balaban J connectivity index is 1.65. The minimum absolute atomic E-state index is 0.0365. The molecule has 3 aliphatic rings. The summed E-state index contributed by atoms with van der Waals surface area (Å²) in [5.74, 6) is 0. The Morgan fingerprint density at radius 2 is 1.94 bits per heavy atom. The van der Waals surface area contributed by atoms with Gasteiger partial charge >= 0.3 is 6.03 Å². The summed E-state index contributed by atoms with van der Waals surface area (Å²) in [4.78, 5) is 16.6. The third-order valence-corrected chi connectivity index (χ3v) is 4.50. The number of carbonyl (C=O) groups excluding carboxylic acids is 1. The molecule has 0 radical (unpaired) electrons. The molecule has 0 N–H and O–H groups in total. The molecule has 1 saturated carbocycles. The fraction of sp³-hybridized carbons (Fsp3) is 0.923. The van der Waals surface area contributed by atoms with E-state index in [1.165, 1.54) is 0 Å². The van der Waals surface area contributed by atoms with E-state index in [0.29, 0.717) is 12.6 Å². The SMILES string of the molecule is CN(C(=O)N1CCOCC12CC2)C1CCOCC1. The maximum absolute atomic E-state index is 12.6. The average Bonchev–Trinajstić information content (AvgIpc) is 3.19. The van der Waals surface area contributed by atoms with E-state index in [9.17, 15) is 4.79 Å². The van der Waals surface area contributed by atoms with Crippen LogP contribution >= 0.6 is 0 Å². The predicted octanol–water partition coefficient (Wildman–Crippen LogP) is 1.08. The maximum atomic E-state index is 12.6. The van der Waals surface area contributed by atoms with E-state index in [2.05, 4.69) is 0 Å². The monoisotopic (exact) mass is 254 g/mol. The van der Waals surface area contributed by atoms with Crippen LogP contribution in [0.25, 0.3) is 0 Å². The minimum Gasteiger partial charge on any atom is -0.381 e. The van der Waals surface area contributed by atoms with E-state index in [0.717, 1.165) is 52.0 Å². The van der Waals surface area contributed by atoms with E-state index < -0.39 is 0 Å². The lowest BCUT2D eigenvalue weighted by molar-refractivity contribution is -0.0138. The zero-order valence-corrected chi connectivity index (χ0v) is 11.1. The molecular formula is C13H22N2O3. The van der Waals surface area contributed by atoms with Gasteiger partial charge in [0.25, 0.3) is 0 Å². The van der Waals surface area contributed by atoms with Gasteiger partial charge in [0, 0.05) is 32.8 Å². The molecular weight excluding hydrogens is 232 g/mol. The van der Waals surface area contributed by atoms with Gasteiger partial charge in [0.15, 0.2) is 0 Å². The van der Waals surface area contributed by atoms with Crippen LogP contribution in [0.3, 0.4) is 0 Å². The molecule has 102 valence electrons. The fourth-order valence-electron chi connectivity index (χ4n) is 3.01. The summed E-state index contributed by atoms with van der Waals surface area (Å²) in [6.07, 6.45) is 4.11. The number of morpholine rings is 1. The molecule has 2 heterocycles. The second-order valence-corrected chi connectivity index (χ2v) is 5.67. The summed E-state index contributed by atoms with van der Waals surface area (Å²) in [6.45, 7) is 3.69. The van der Waals surface area contributed by atoms with Crippen molar-refractivity contribution < 1.29 is 14.3 Å². The molecule has 5 nitrogen and oxygen atoms in total. The molecule has 1 aliphatic carbocycles. The van der Waals surface area contributed by atoms with Crippen LogP contribution in [-0.2, 0) is 9.47 Å². The van der Waals surface area contributed by atoms with E-state index in [4.69, 9.17) is 9.47 Å². The van der Waals surface area contributed by atoms with Crippen LogP contribution in [0.2, 0.25) is 0 Å². The van der Waals surface area contributed by atoms with Crippen molar-refractivity contribution in [2.75, 3.05) is 40.0 Å². The Morgan fingerprint density at radius 1 is 1.22 bits per heavy atom. The zero-order valence-electron chi connectivity index (χ0n) is 11.1. The Morgan fingerprint density at radius 3 is 2.61 bits per heavy atom. The first kappa shape index (κ1) is 12.2. The first-order chi connectivity index (χ1) is 8.73. The molecule has 0 atom stereocenters. The number of carbonyl (C=O) groups is 1. The van der Waals surface area contributed by atoms with Gasteiger partial charge in [-0.3, -0.25) is 0 Å². The third-order valence-electron chi connectivity index (χ3n) is 4.50. The van der Waals surface area contributed by atoms with Crippen molar-refractivity contribution in [2.45, 2.75) is 37.3 Å². The molecule has 3 rings (SSSR count). The first-order valence-electron chi connectivity index (χ1n) is 6.93. The van der Waals surface area contributed by atoms with Gasteiger partial charge in [0.1, 0.15) is 0 Å². The molecule has 18 heavy (non-hydrogen) atoms. The number of hydrogen-bond donors (Lipinski definition) is 0. The van der Waals surface area contributed by atoms with Crippen molar-refractivity contribution in [3.8, 4) is 0 Å². The van der Waals surface area contributed by atoms with Crippen LogP contribution in [0.15, 0.2) is 0 Å². The van der Waals surface area contributed by atoms with Crippen molar-refractivity contribution in [3.05, 3.63) is 0 Å². The molecule has 0 aromatic rings. The van der Waals surface area contributed by atoms with Crippen LogP contribution < -0.4 is 0 Å². The summed E-state index contributed by atoms with van der Waals surface area (Å²) in [5.41, 5.74) is 0.0365. The summed E-state index contributed by atoms with van der Waals surface area (Å²) < 4.78 is 10.9. The second-order valence-electron chi connectivity index (χ2n) is 5.67. The van der Waals surface area contributed by atoms with E-state index in [1.54, 1.807) is 0 Å². The van der Waals surface area contributed by atoms with Gasteiger partial charge in [-0.2, -0.15) is 0 Å². The average molecular weight is 254 g/mol. The number of ether oxygens (including phenoxy) is 2. The van der Waals surface area contributed by atoms with E-state index in [-0.39, 0.29) is 11.6 Å². The molecule has 2 amide bonds. The molecule has 0 bridgehead atoms. The van der Waals surface area contributed by atoms with Crippen molar-refractivity contribution in [2.24, 2.45) is 0 Å². The van der Waals surface area contributed by atoms with E-state index >= 15 is 0 Å². The van der Waals surface area contributed by atoms with E-state index in [1.807, 2.05) is 16.8 Å². The highest BCUT2D eigenvalue weighted by Crippen LogP contribution is 2.44. The number of rotatable bonds is 1. The molecule has 5 heteroatoms. The standard InChI is InChI=1S/C13H22N2O3/c1-14(11-2-7-17-8-3-11)12(16)15-6-9-18-10-13(15)4-5-13/h11H,2-10H2,1H3. The van der Waals surface area contributed by atoms with Crippen molar-refractivity contribution in [1.82, 2.24) is 9.80 Å². The highest BCUT2D eigenvalue weighted by Gasteiger charge is 2.52. The molecule has 3 fully saturated rings. The second kappa shape index (κ2) is 4.70. The lowest BCUT2D eigenvalue weighted by Crippen LogP contribution is -2.56. The molecule has 2 saturated heterocycles.